The molecule has 8 nitrogen and oxygen atoms in total. The van der Waals surface area contributed by atoms with Gasteiger partial charge in [-0.1, -0.05) is 18.2 Å². The largest absolute Gasteiger partial charge is 0.507 e. The quantitative estimate of drug-likeness (QED) is 0.426. The van der Waals surface area contributed by atoms with Gasteiger partial charge >= 0.3 is 0 Å². The van der Waals surface area contributed by atoms with Crippen LogP contribution in [0.3, 0.4) is 0 Å². The molecule has 0 spiro atoms. The van der Waals surface area contributed by atoms with E-state index in [-0.39, 0.29) is 17.0 Å². The van der Waals surface area contributed by atoms with Gasteiger partial charge in [0.1, 0.15) is 5.75 Å². The fourth-order valence-corrected chi connectivity index (χ4v) is 2.48. The van der Waals surface area contributed by atoms with E-state index in [2.05, 4.69) is 15.5 Å². The molecule has 1 heterocycles. The number of phenolic OH excluding ortho intramolecular Hbond substituents is 1. The average Bonchev–Trinajstić information content (AvgIpc) is 2.62. The normalized spacial score (nSPS) is 11.0. The lowest BCUT2D eigenvalue weighted by atomic mass is 10.1. The number of para-hydroxylation sites is 1. The van der Waals surface area contributed by atoms with E-state index in [0.29, 0.717) is 22.2 Å². The third-order valence-electron chi connectivity index (χ3n) is 3.68. The Balaban J connectivity index is 1.85. The molecule has 0 bridgehead atoms. The molecular weight excluding hydrogens is 336 g/mol. The van der Waals surface area contributed by atoms with Crippen molar-refractivity contribution in [1.82, 2.24) is 10.4 Å². The predicted molar refractivity (Wildman–Crippen MR) is 96.3 cm³/mol. The second-order valence-electron chi connectivity index (χ2n) is 5.53. The summed E-state index contributed by atoms with van der Waals surface area (Å²) in [6, 6.07) is 12.4. The highest BCUT2D eigenvalue weighted by molar-refractivity contribution is 6.06. The SMILES string of the molecule is Cc1cc(C(=O)N/N=C\c2cc([N+](=O)[O-])ccc2O)c2ccccc2n1. The Morgan fingerprint density at radius 2 is 2.04 bits per heavy atom. The van der Waals surface area contributed by atoms with Gasteiger partial charge in [0, 0.05) is 28.8 Å². The number of hydrogen-bond donors (Lipinski definition) is 2. The van der Waals surface area contributed by atoms with Crippen LogP contribution in [-0.4, -0.2) is 27.1 Å². The van der Waals surface area contributed by atoms with Crippen molar-refractivity contribution >= 4 is 28.7 Å². The maximum atomic E-state index is 12.4. The molecule has 130 valence electrons. The van der Waals surface area contributed by atoms with E-state index in [1.807, 2.05) is 12.1 Å². The Morgan fingerprint density at radius 3 is 2.81 bits per heavy atom. The number of rotatable bonds is 4. The smallest absolute Gasteiger partial charge is 0.272 e. The van der Waals surface area contributed by atoms with Crippen LogP contribution in [0.25, 0.3) is 10.9 Å². The van der Waals surface area contributed by atoms with E-state index in [4.69, 9.17) is 0 Å². The van der Waals surface area contributed by atoms with Crippen molar-refractivity contribution in [3.8, 4) is 5.75 Å². The molecule has 0 aliphatic rings. The first-order valence-corrected chi connectivity index (χ1v) is 7.63. The molecule has 0 fully saturated rings. The fourth-order valence-electron chi connectivity index (χ4n) is 2.48. The zero-order chi connectivity index (χ0) is 18.7. The monoisotopic (exact) mass is 350 g/mol. The molecule has 1 aromatic heterocycles. The van der Waals surface area contributed by atoms with Gasteiger partial charge in [0.2, 0.25) is 0 Å². The summed E-state index contributed by atoms with van der Waals surface area (Å²) in [5, 5.41) is 25.0. The van der Waals surface area contributed by atoms with Crippen LogP contribution < -0.4 is 5.43 Å². The first kappa shape index (κ1) is 17.0. The Kier molecular flexibility index (Phi) is 4.57. The summed E-state index contributed by atoms with van der Waals surface area (Å²) < 4.78 is 0. The van der Waals surface area contributed by atoms with Crippen molar-refractivity contribution in [2.24, 2.45) is 5.10 Å². The number of aromatic nitrogens is 1. The lowest BCUT2D eigenvalue weighted by Crippen LogP contribution is -2.18. The number of nitrogens with zero attached hydrogens (tertiary/aromatic N) is 3. The molecule has 0 aliphatic heterocycles. The third-order valence-corrected chi connectivity index (χ3v) is 3.68. The zero-order valence-corrected chi connectivity index (χ0v) is 13.7. The number of aromatic hydroxyl groups is 1. The first-order valence-electron chi connectivity index (χ1n) is 7.63. The number of benzene rings is 2. The number of phenols is 1. The number of hydrazone groups is 1. The molecule has 2 aromatic carbocycles. The van der Waals surface area contributed by atoms with Crippen molar-refractivity contribution in [2.75, 3.05) is 0 Å². The Labute approximate surface area is 148 Å². The van der Waals surface area contributed by atoms with Gasteiger partial charge in [-0.05, 0) is 25.1 Å². The minimum absolute atomic E-state index is 0.121. The number of pyridine rings is 1. The Bertz CT molecular complexity index is 1050. The maximum absolute atomic E-state index is 12.4. The van der Waals surface area contributed by atoms with Gasteiger partial charge in [-0.2, -0.15) is 5.10 Å². The molecule has 2 N–H and O–H groups in total. The van der Waals surface area contributed by atoms with E-state index >= 15 is 0 Å². The number of fused-ring (bicyclic) bond motifs is 1. The summed E-state index contributed by atoms with van der Waals surface area (Å²) >= 11 is 0. The molecule has 3 aromatic rings. The second-order valence-corrected chi connectivity index (χ2v) is 5.53. The van der Waals surface area contributed by atoms with Gasteiger partial charge in [0.15, 0.2) is 0 Å². The number of amides is 1. The van der Waals surface area contributed by atoms with Crippen LogP contribution in [-0.2, 0) is 0 Å². The van der Waals surface area contributed by atoms with Gasteiger partial charge in [-0.15, -0.1) is 0 Å². The number of hydrogen-bond acceptors (Lipinski definition) is 6. The molecule has 3 rings (SSSR count). The maximum Gasteiger partial charge on any atom is 0.272 e. The van der Waals surface area contributed by atoms with Crippen LogP contribution in [0.1, 0.15) is 21.6 Å². The number of nitro groups is 1. The summed E-state index contributed by atoms with van der Waals surface area (Å²) in [6.45, 7) is 1.79. The van der Waals surface area contributed by atoms with Crippen molar-refractivity contribution in [2.45, 2.75) is 6.92 Å². The molecule has 8 heteroatoms. The standard InChI is InChI=1S/C18H14N4O4/c1-11-8-15(14-4-2-3-5-16(14)20-11)18(24)21-19-10-12-9-13(22(25)26)6-7-17(12)23/h2-10,23H,1H3,(H,21,24)/b19-10-. The average molecular weight is 350 g/mol. The minimum Gasteiger partial charge on any atom is -0.507 e. The van der Waals surface area contributed by atoms with Crippen LogP contribution in [0, 0.1) is 17.0 Å². The van der Waals surface area contributed by atoms with Crippen molar-refractivity contribution in [3.63, 3.8) is 0 Å². The number of nitrogens with one attached hydrogen (secondary N) is 1. The van der Waals surface area contributed by atoms with E-state index < -0.39 is 10.8 Å². The number of nitro benzene ring substituents is 1. The molecule has 26 heavy (non-hydrogen) atoms. The highest BCUT2D eigenvalue weighted by Gasteiger charge is 2.12. The van der Waals surface area contributed by atoms with Crippen LogP contribution >= 0.6 is 0 Å². The number of aryl methyl sites for hydroxylation is 1. The van der Waals surface area contributed by atoms with Crippen molar-refractivity contribution < 1.29 is 14.8 Å². The zero-order valence-electron chi connectivity index (χ0n) is 13.7. The topological polar surface area (TPSA) is 118 Å². The van der Waals surface area contributed by atoms with Crippen LogP contribution in [0.5, 0.6) is 5.75 Å². The van der Waals surface area contributed by atoms with Crippen LogP contribution in [0.4, 0.5) is 5.69 Å². The van der Waals surface area contributed by atoms with E-state index in [9.17, 15) is 20.0 Å². The molecule has 1 amide bonds. The van der Waals surface area contributed by atoms with Gasteiger partial charge < -0.3 is 5.11 Å². The van der Waals surface area contributed by atoms with E-state index in [1.54, 1.807) is 25.1 Å². The summed E-state index contributed by atoms with van der Waals surface area (Å²) in [6.07, 6.45) is 1.15. The lowest BCUT2D eigenvalue weighted by molar-refractivity contribution is -0.384. The molecule has 0 radical (unpaired) electrons. The van der Waals surface area contributed by atoms with Gasteiger partial charge in [-0.3, -0.25) is 19.9 Å². The summed E-state index contributed by atoms with van der Waals surface area (Å²) in [5.74, 6) is -0.633. The minimum atomic E-state index is -0.582. The molecule has 0 aliphatic carbocycles. The van der Waals surface area contributed by atoms with Gasteiger partial charge in [0.25, 0.3) is 11.6 Å². The molecular formula is C18H14N4O4. The number of carbonyl (C=O) groups is 1. The second kappa shape index (κ2) is 6.98. The van der Waals surface area contributed by atoms with Crippen molar-refractivity contribution in [1.29, 1.82) is 0 Å². The molecule has 0 saturated carbocycles. The third kappa shape index (κ3) is 3.48. The highest BCUT2D eigenvalue weighted by Crippen LogP contribution is 2.21. The van der Waals surface area contributed by atoms with Crippen molar-refractivity contribution in [3.05, 3.63) is 75.5 Å². The highest BCUT2D eigenvalue weighted by atomic mass is 16.6. The first-order chi connectivity index (χ1) is 12.5. The van der Waals surface area contributed by atoms with Gasteiger partial charge in [0.05, 0.1) is 22.2 Å². The van der Waals surface area contributed by atoms with E-state index in [1.165, 1.54) is 12.1 Å². The summed E-state index contributed by atoms with van der Waals surface area (Å²) in [4.78, 5) is 27.0. The molecule has 0 unspecified atom stereocenters. The Hall–Kier alpha value is -3.81. The van der Waals surface area contributed by atoms with Crippen LogP contribution in [0.15, 0.2) is 53.6 Å². The fraction of sp³-hybridized carbons (Fsp3) is 0.0556. The lowest BCUT2D eigenvalue weighted by Gasteiger charge is -2.06. The number of carbonyl (C=O) groups excluding carboxylic acids is 1. The van der Waals surface area contributed by atoms with E-state index in [0.717, 1.165) is 12.3 Å². The summed E-state index contributed by atoms with van der Waals surface area (Å²) in [5.41, 5.74) is 4.09. The van der Waals surface area contributed by atoms with Crippen LogP contribution in [0.2, 0.25) is 0 Å². The Morgan fingerprint density at radius 1 is 1.27 bits per heavy atom. The predicted octanol–water partition coefficient (Wildman–Crippen LogP) is 2.92. The molecule has 0 saturated heterocycles. The number of non-ortho nitro benzene ring substituents is 1. The molecule has 0 atom stereocenters. The summed E-state index contributed by atoms with van der Waals surface area (Å²) in [7, 11) is 0. The van der Waals surface area contributed by atoms with Gasteiger partial charge in [-0.25, -0.2) is 5.43 Å².